The number of carbonyl (C=O) groups excluding carboxylic acids is 2. The Bertz CT molecular complexity index is 540. The highest BCUT2D eigenvalue weighted by Crippen LogP contribution is 2.44. The maximum absolute atomic E-state index is 12.3. The van der Waals surface area contributed by atoms with E-state index in [9.17, 15) is 9.59 Å². The Morgan fingerprint density at radius 1 is 1.20 bits per heavy atom. The van der Waals surface area contributed by atoms with Crippen molar-refractivity contribution in [1.29, 1.82) is 0 Å². The van der Waals surface area contributed by atoms with Gasteiger partial charge in [-0.15, -0.1) is 0 Å². The molecule has 0 spiro atoms. The van der Waals surface area contributed by atoms with Gasteiger partial charge in [-0.05, 0) is 43.7 Å². The minimum absolute atomic E-state index is 0.0159. The molecule has 3 rings (SSSR count). The van der Waals surface area contributed by atoms with Crippen molar-refractivity contribution in [3.63, 3.8) is 0 Å². The minimum Gasteiger partial charge on any atom is -0.446 e. The number of primary amides is 1. The maximum atomic E-state index is 12.3. The summed E-state index contributed by atoms with van der Waals surface area (Å²) >= 11 is 0. The third kappa shape index (κ3) is 2.31. The van der Waals surface area contributed by atoms with Crippen LogP contribution in [0.2, 0.25) is 0 Å². The van der Waals surface area contributed by atoms with Gasteiger partial charge in [0, 0.05) is 18.6 Å². The summed E-state index contributed by atoms with van der Waals surface area (Å²) in [6.45, 7) is 1.38. The van der Waals surface area contributed by atoms with Crippen LogP contribution in [-0.2, 0) is 0 Å². The van der Waals surface area contributed by atoms with Gasteiger partial charge in [-0.3, -0.25) is 9.59 Å². The van der Waals surface area contributed by atoms with Gasteiger partial charge in [0.2, 0.25) is 0 Å². The highest BCUT2D eigenvalue weighted by Gasteiger charge is 2.46. The number of hydrogen-bond acceptors (Lipinski definition) is 4. The lowest BCUT2D eigenvalue weighted by Crippen LogP contribution is -2.44. The van der Waals surface area contributed by atoms with Crippen LogP contribution in [-0.4, -0.2) is 35.3 Å². The highest BCUT2D eigenvalue weighted by molar-refractivity contribution is 5.95. The smallest absolute Gasteiger partial charge is 0.289 e. The van der Waals surface area contributed by atoms with E-state index in [-0.39, 0.29) is 23.0 Å². The molecule has 6 nitrogen and oxygen atoms in total. The molecular weight excluding hydrogens is 258 g/mol. The predicted molar refractivity (Wildman–Crippen MR) is 72.0 cm³/mol. The van der Waals surface area contributed by atoms with E-state index in [1.54, 1.807) is 4.90 Å². The molecule has 108 valence electrons. The van der Waals surface area contributed by atoms with Gasteiger partial charge >= 0.3 is 0 Å². The van der Waals surface area contributed by atoms with E-state index in [4.69, 9.17) is 15.9 Å². The molecule has 2 fully saturated rings. The van der Waals surface area contributed by atoms with Crippen LogP contribution in [0.15, 0.2) is 16.5 Å². The van der Waals surface area contributed by atoms with Gasteiger partial charge in [-0.2, -0.15) is 0 Å². The fourth-order valence-electron chi connectivity index (χ4n) is 2.95. The van der Waals surface area contributed by atoms with Crippen LogP contribution in [0.1, 0.15) is 46.8 Å². The van der Waals surface area contributed by atoms with Gasteiger partial charge < -0.3 is 20.8 Å². The van der Waals surface area contributed by atoms with Crippen LogP contribution < -0.4 is 11.5 Å². The average molecular weight is 277 g/mol. The van der Waals surface area contributed by atoms with Gasteiger partial charge in [-0.1, -0.05) is 0 Å². The number of nitrogens with zero attached hydrogens (tertiary/aromatic N) is 1. The molecule has 1 aliphatic heterocycles. The number of nitrogens with two attached hydrogens (primary N) is 2. The lowest BCUT2D eigenvalue weighted by molar-refractivity contribution is 0.0638. The van der Waals surface area contributed by atoms with Gasteiger partial charge in [0.1, 0.15) is 0 Å². The first-order chi connectivity index (χ1) is 9.49. The standard InChI is InChI=1S/C14H19N3O3/c15-12(18)10-1-2-11(20-10)13(19)17-7-3-9(4-8-17)14(16)5-6-14/h1-2,9H,3-8,16H2,(H2,15,18). The summed E-state index contributed by atoms with van der Waals surface area (Å²) in [6, 6.07) is 2.93. The largest absolute Gasteiger partial charge is 0.446 e. The zero-order chi connectivity index (χ0) is 14.3. The van der Waals surface area contributed by atoms with Crippen molar-refractivity contribution in [3.8, 4) is 0 Å². The van der Waals surface area contributed by atoms with Gasteiger partial charge in [0.25, 0.3) is 11.8 Å². The number of likely N-dealkylation sites (tertiary alicyclic amines) is 1. The predicted octanol–water partition coefficient (Wildman–Crippen LogP) is 0.722. The van der Waals surface area contributed by atoms with Crippen molar-refractivity contribution in [3.05, 3.63) is 23.7 Å². The second-order valence-electron chi connectivity index (χ2n) is 5.83. The summed E-state index contributed by atoms with van der Waals surface area (Å²) in [5, 5.41) is 0. The second kappa shape index (κ2) is 4.63. The zero-order valence-corrected chi connectivity index (χ0v) is 11.3. The van der Waals surface area contributed by atoms with Gasteiger partial charge in [0.05, 0.1) is 0 Å². The van der Waals surface area contributed by atoms with E-state index in [2.05, 4.69) is 0 Å². The Hall–Kier alpha value is -1.82. The molecule has 1 aromatic heterocycles. The van der Waals surface area contributed by atoms with Crippen molar-refractivity contribution in [2.75, 3.05) is 13.1 Å². The average Bonchev–Trinajstić information content (AvgIpc) is 3.02. The zero-order valence-electron chi connectivity index (χ0n) is 11.3. The van der Waals surface area contributed by atoms with E-state index in [1.807, 2.05) is 0 Å². The number of carbonyl (C=O) groups is 2. The topological polar surface area (TPSA) is 103 Å². The molecule has 1 aliphatic carbocycles. The van der Waals surface area contributed by atoms with Crippen molar-refractivity contribution in [1.82, 2.24) is 4.90 Å². The van der Waals surface area contributed by atoms with Crippen LogP contribution in [0.4, 0.5) is 0 Å². The fraction of sp³-hybridized carbons (Fsp3) is 0.571. The van der Waals surface area contributed by atoms with Crippen LogP contribution >= 0.6 is 0 Å². The normalized spacial score (nSPS) is 21.8. The highest BCUT2D eigenvalue weighted by atomic mass is 16.4. The molecule has 0 aromatic carbocycles. The molecule has 0 unspecified atom stereocenters. The first kappa shape index (κ1) is 13.2. The van der Waals surface area contributed by atoms with Crippen molar-refractivity contribution in [2.24, 2.45) is 17.4 Å². The van der Waals surface area contributed by atoms with Crippen LogP contribution in [0, 0.1) is 5.92 Å². The van der Waals surface area contributed by atoms with E-state index in [0.717, 1.165) is 25.7 Å². The van der Waals surface area contributed by atoms with Crippen molar-refractivity contribution >= 4 is 11.8 Å². The number of piperidine rings is 1. The van der Waals surface area contributed by atoms with E-state index in [0.29, 0.717) is 19.0 Å². The number of furan rings is 1. The molecule has 1 saturated heterocycles. The molecule has 6 heteroatoms. The molecule has 1 saturated carbocycles. The molecule has 2 heterocycles. The Labute approximate surface area is 117 Å². The Balaban J connectivity index is 1.62. The third-order valence-corrected chi connectivity index (χ3v) is 4.48. The van der Waals surface area contributed by atoms with Crippen LogP contribution in [0.3, 0.4) is 0 Å². The minimum atomic E-state index is -0.665. The van der Waals surface area contributed by atoms with E-state index >= 15 is 0 Å². The van der Waals surface area contributed by atoms with Gasteiger partial charge in [-0.25, -0.2) is 0 Å². The summed E-state index contributed by atoms with van der Waals surface area (Å²) < 4.78 is 5.18. The molecule has 20 heavy (non-hydrogen) atoms. The summed E-state index contributed by atoms with van der Waals surface area (Å²) in [5.74, 6) is -0.142. The number of amides is 2. The molecule has 2 aliphatic rings. The van der Waals surface area contributed by atoms with Crippen molar-refractivity contribution < 1.29 is 14.0 Å². The lowest BCUT2D eigenvalue weighted by atomic mass is 9.88. The Kier molecular flexibility index (Phi) is 3.05. The van der Waals surface area contributed by atoms with Crippen molar-refractivity contribution in [2.45, 2.75) is 31.2 Å². The Morgan fingerprint density at radius 3 is 2.30 bits per heavy atom. The quantitative estimate of drug-likeness (QED) is 0.849. The first-order valence-electron chi connectivity index (χ1n) is 6.97. The summed E-state index contributed by atoms with van der Waals surface area (Å²) in [7, 11) is 0. The van der Waals surface area contributed by atoms with Crippen LogP contribution in [0.5, 0.6) is 0 Å². The van der Waals surface area contributed by atoms with Crippen LogP contribution in [0.25, 0.3) is 0 Å². The third-order valence-electron chi connectivity index (χ3n) is 4.48. The molecular formula is C14H19N3O3. The van der Waals surface area contributed by atoms with Gasteiger partial charge in [0.15, 0.2) is 11.5 Å². The first-order valence-corrected chi connectivity index (χ1v) is 6.97. The summed E-state index contributed by atoms with van der Waals surface area (Å²) in [6.07, 6.45) is 4.08. The molecule has 0 atom stereocenters. The summed E-state index contributed by atoms with van der Waals surface area (Å²) in [4.78, 5) is 25.0. The molecule has 4 N–H and O–H groups in total. The van der Waals surface area contributed by atoms with E-state index in [1.165, 1.54) is 12.1 Å². The second-order valence-corrected chi connectivity index (χ2v) is 5.83. The number of rotatable bonds is 3. The number of hydrogen-bond donors (Lipinski definition) is 2. The monoisotopic (exact) mass is 277 g/mol. The fourth-order valence-corrected chi connectivity index (χ4v) is 2.95. The lowest BCUT2D eigenvalue weighted by Gasteiger charge is -2.34. The summed E-state index contributed by atoms with van der Waals surface area (Å²) in [5.41, 5.74) is 11.4. The molecule has 1 aromatic rings. The van der Waals surface area contributed by atoms with E-state index < -0.39 is 5.91 Å². The molecule has 0 radical (unpaired) electrons. The Morgan fingerprint density at radius 2 is 1.80 bits per heavy atom. The molecule has 2 amide bonds. The maximum Gasteiger partial charge on any atom is 0.289 e. The molecule has 0 bridgehead atoms. The SMILES string of the molecule is NC(=O)c1ccc(C(=O)N2CCC(C3(N)CC3)CC2)o1.